The fourth-order valence-electron chi connectivity index (χ4n) is 2.42. The van der Waals surface area contributed by atoms with Crippen molar-refractivity contribution in [1.82, 2.24) is 4.98 Å². The van der Waals surface area contributed by atoms with Gasteiger partial charge in [0.1, 0.15) is 5.82 Å². The van der Waals surface area contributed by atoms with Crippen molar-refractivity contribution < 1.29 is 17.6 Å². The van der Waals surface area contributed by atoms with Crippen LogP contribution in [-0.2, 0) is 6.18 Å². The van der Waals surface area contributed by atoms with Gasteiger partial charge in [-0.05, 0) is 18.6 Å². The average Bonchev–Trinajstić information content (AvgIpc) is 3.06. The molecular formula is C18H13F4N3S. The van der Waals surface area contributed by atoms with E-state index in [9.17, 15) is 17.6 Å². The lowest BCUT2D eigenvalue weighted by Crippen LogP contribution is -2.13. The third-order valence-corrected chi connectivity index (χ3v) is 4.36. The summed E-state index contributed by atoms with van der Waals surface area (Å²) in [6.07, 6.45) is -3.84. The minimum absolute atomic E-state index is 0.0686. The van der Waals surface area contributed by atoms with Crippen LogP contribution in [0.4, 0.5) is 22.7 Å². The van der Waals surface area contributed by atoms with Crippen LogP contribution in [0, 0.1) is 12.7 Å². The molecule has 3 nitrogen and oxygen atoms in total. The number of alkyl halides is 3. The van der Waals surface area contributed by atoms with Gasteiger partial charge in [0.2, 0.25) is 5.13 Å². The van der Waals surface area contributed by atoms with E-state index >= 15 is 0 Å². The Kier molecular flexibility index (Phi) is 5.03. The van der Waals surface area contributed by atoms with E-state index < -0.39 is 23.1 Å². The smallest absolute Gasteiger partial charge is 0.253 e. The Bertz CT molecular complexity index is 933. The first kappa shape index (κ1) is 18.1. The third-order valence-electron chi connectivity index (χ3n) is 3.61. The molecule has 8 heteroatoms. The summed E-state index contributed by atoms with van der Waals surface area (Å²) in [6, 6.07) is 11.5. The van der Waals surface area contributed by atoms with E-state index in [4.69, 9.17) is 0 Å². The Balaban J connectivity index is 1.82. The van der Waals surface area contributed by atoms with E-state index in [0.717, 1.165) is 23.9 Å². The predicted octanol–water partition coefficient (Wildman–Crippen LogP) is 5.72. The molecule has 0 unspecified atom stereocenters. The van der Waals surface area contributed by atoms with Gasteiger partial charge in [-0.2, -0.15) is 18.3 Å². The van der Waals surface area contributed by atoms with Crippen LogP contribution >= 0.6 is 11.3 Å². The molecule has 0 saturated carbocycles. The molecule has 2 aromatic carbocycles. The van der Waals surface area contributed by atoms with Crippen LogP contribution < -0.4 is 5.43 Å². The van der Waals surface area contributed by atoms with Gasteiger partial charge in [0.15, 0.2) is 0 Å². The lowest BCUT2D eigenvalue weighted by molar-refractivity contribution is -0.138. The highest BCUT2D eigenvalue weighted by Gasteiger charge is 2.36. The molecule has 0 atom stereocenters. The molecule has 0 bridgehead atoms. The van der Waals surface area contributed by atoms with Crippen molar-refractivity contribution in [2.24, 2.45) is 5.10 Å². The maximum atomic E-state index is 13.9. The molecular weight excluding hydrogens is 366 g/mol. The summed E-state index contributed by atoms with van der Waals surface area (Å²) >= 11 is 1.24. The molecule has 1 aromatic heterocycles. The zero-order valence-corrected chi connectivity index (χ0v) is 14.3. The van der Waals surface area contributed by atoms with Crippen molar-refractivity contribution in [3.8, 4) is 11.3 Å². The number of hydrazone groups is 1. The Morgan fingerprint density at radius 2 is 1.85 bits per heavy atom. The highest BCUT2D eigenvalue weighted by Crippen LogP contribution is 2.35. The van der Waals surface area contributed by atoms with Crippen molar-refractivity contribution in [2.75, 3.05) is 5.43 Å². The summed E-state index contributed by atoms with van der Waals surface area (Å²) < 4.78 is 53.4. The molecule has 0 aliphatic rings. The minimum Gasteiger partial charge on any atom is -0.253 e. The fraction of sp³-hybridized carbons (Fsp3) is 0.111. The van der Waals surface area contributed by atoms with E-state index in [0.29, 0.717) is 10.8 Å². The fourth-order valence-corrected chi connectivity index (χ4v) is 3.09. The number of benzene rings is 2. The van der Waals surface area contributed by atoms with E-state index in [1.807, 2.05) is 30.3 Å². The second-order valence-corrected chi connectivity index (χ2v) is 6.28. The van der Waals surface area contributed by atoms with E-state index in [1.54, 1.807) is 5.38 Å². The summed E-state index contributed by atoms with van der Waals surface area (Å²) in [4.78, 5) is 4.30. The number of aryl methyl sites for hydroxylation is 1. The first-order chi connectivity index (χ1) is 12.4. The summed E-state index contributed by atoms with van der Waals surface area (Å²) in [5.74, 6) is -0.988. The second kappa shape index (κ2) is 7.25. The summed E-state index contributed by atoms with van der Waals surface area (Å²) in [6.45, 7) is 1.28. The minimum atomic E-state index is -4.67. The van der Waals surface area contributed by atoms with E-state index in [1.165, 1.54) is 18.3 Å². The monoisotopic (exact) mass is 379 g/mol. The maximum absolute atomic E-state index is 13.9. The van der Waals surface area contributed by atoms with Crippen molar-refractivity contribution in [3.05, 3.63) is 70.4 Å². The number of thiazole rings is 1. The Morgan fingerprint density at radius 3 is 2.54 bits per heavy atom. The zero-order valence-electron chi connectivity index (χ0n) is 13.5. The van der Waals surface area contributed by atoms with Gasteiger partial charge in [-0.1, -0.05) is 36.4 Å². The number of hydrogen-bond acceptors (Lipinski definition) is 4. The molecule has 1 heterocycles. The summed E-state index contributed by atoms with van der Waals surface area (Å²) in [5, 5.41) is 5.91. The number of nitrogens with zero attached hydrogens (tertiary/aromatic N) is 2. The standard InChI is InChI=1S/C18H13F4N3S/c1-11-7-8-14(19)13(16(11)18(20,21)22)9-23-25-17-24-15(10-26-17)12-5-3-2-4-6-12/h2-10H,1H3,(H,24,25). The third kappa shape index (κ3) is 3.91. The van der Waals surface area contributed by atoms with Crippen molar-refractivity contribution in [2.45, 2.75) is 13.1 Å². The van der Waals surface area contributed by atoms with Crippen LogP contribution in [0.25, 0.3) is 11.3 Å². The number of aromatic nitrogens is 1. The van der Waals surface area contributed by atoms with Gasteiger partial charge in [-0.15, -0.1) is 11.3 Å². The maximum Gasteiger partial charge on any atom is 0.417 e. The quantitative estimate of drug-likeness (QED) is 0.357. The molecule has 0 aliphatic carbocycles. The first-order valence-corrected chi connectivity index (χ1v) is 8.40. The molecule has 134 valence electrons. The lowest BCUT2D eigenvalue weighted by Gasteiger charge is -2.13. The Hall–Kier alpha value is -2.74. The first-order valence-electron chi connectivity index (χ1n) is 7.52. The zero-order chi connectivity index (χ0) is 18.7. The van der Waals surface area contributed by atoms with Gasteiger partial charge in [0.05, 0.1) is 17.5 Å². The van der Waals surface area contributed by atoms with Gasteiger partial charge in [-0.3, -0.25) is 5.43 Å². The highest BCUT2D eigenvalue weighted by atomic mass is 32.1. The number of rotatable bonds is 4. The number of hydrogen-bond donors (Lipinski definition) is 1. The number of halogens is 4. The van der Waals surface area contributed by atoms with E-state index in [-0.39, 0.29) is 5.56 Å². The molecule has 26 heavy (non-hydrogen) atoms. The molecule has 0 spiro atoms. The summed E-state index contributed by atoms with van der Waals surface area (Å²) in [7, 11) is 0. The van der Waals surface area contributed by atoms with Crippen LogP contribution in [0.1, 0.15) is 16.7 Å². The van der Waals surface area contributed by atoms with Crippen molar-refractivity contribution >= 4 is 22.7 Å². The highest BCUT2D eigenvalue weighted by molar-refractivity contribution is 7.14. The van der Waals surface area contributed by atoms with Crippen molar-refractivity contribution in [1.29, 1.82) is 0 Å². The van der Waals surface area contributed by atoms with Crippen LogP contribution in [0.3, 0.4) is 0 Å². The molecule has 0 saturated heterocycles. The molecule has 3 rings (SSSR count). The predicted molar refractivity (Wildman–Crippen MR) is 94.9 cm³/mol. The van der Waals surface area contributed by atoms with Crippen LogP contribution in [0.15, 0.2) is 52.9 Å². The SMILES string of the molecule is Cc1ccc(F)c(C=NNc2nc(-c3ccccc3)cs2)c1C(F)(F)F. The largest absolute Gasteiger partial charge is 0.417 e. The van der Waals surface area contributed by atoms with Gasteiger partial charge >= 0.3 is 6.18 Å². The van der Waals surface area contributed by atoms with Gasteiger partial charge in [0.25, 0.3) is 0 Å². The number of anilines is 1. The molecule has 0 fully saturated rings. The molecule has 0 radical (unpaired) electrons. The Labute approximate surface area is 151 Å². The normalized spacial score (nSPS) is 11.9. The van der Waals surface area contributed by atoms with E-state index in [2.05, 4.69) is 15.5 Å². The lowest BCUT2D eigenvalue weighted by atomic mass is 10.0. The topological polar surface area (TPSA) is 37.3 Å². The second-order valence-electron chi connectivity index (χ2n) is 5.42. The van der Waals surface area contributed by atoms with Gasteiger partial charge in [-0.25, -0.2) is 9.37 Å². The Morgan fingerprint density at radius 1 is 1.12 bits per heavy atom. The van der Waals surface area contributed by atoms with Gasteiger partial charge < -0.3 is 0 Å². The van der Waals surface area contributed by atoms with Crippen LogP contribution in [0.2, 0.25) is 0 Å². The molecule has 0 amide bonds. The summed E-state index contributed by atoms with van der Waals surface area (Å²) in [5.41, 5.74) is 2.46. The van der Waals surface area contributed by atoms with Crippen molar-refractivity contribution in [3.63, 3.8) is 0 Å². The van der Waals surface area contributed by atoms with Crippen LogP contribution in [-0.4, -0.2) is 11.2 Å². The molecule has 0 aliphatic heterocycles. The molecule has 1 N–H and O–H groups in total. The van der Waals surface area contributed by atoms with Crippen LogP contribution in [0.5, 0.6) is 0 Å². The number of nitrogens with one attached hydrogen (secondary N) is 1. The molecule has 3 aromatic rings. The van der Waals surface area contributed by atoms with Gasteiger partial charge in [0, 0.05) is 16.5 Å². The average molecular weight is 379 g/mol.